The van der Waals surface area contributed by atoms with Gasteiger partial charge in [-0.25, -0.2) is 18.7 Å². The smallest absolute Gasteiger partial charge is 0.340 e. The van der Waals surface area contributed by atoms with Gasteiger partial charge in [0.1, 0.15) is 5.82 Å². The average Bonchev–Trinajstić information content (AvgIpc) is 3.15. The number of amides is 1. The molecule has 8 heteroatoms. The molecule has 0 aliphatic heterocycles. The van der Waals surface area contributed by atoms with Crippen LogP contribution in [0.3, 0.4) is 0 Å². The highest BCUT2D eigenvalue weighted by Crippen LogP contribution is 2.47. The number of rotatable bonds is 4. The van der Waals surface area contributed by atoms with Crippen molar-refractivity contribution in [2.45, 2.75) is 18.9 Å². The predicted molar refractivity (Wildman–Crippen MR) is 68.3 cm³/mol. The highest BCUT2D eigenvalue weighted by molar-refractivity contribution is 5.82. The van der Waals surface area contributed by atoms with Crippen LogP contribution in [0.4, 0.5) is 8.78 Å². The third kappa shape index (κ3) is 2.83. The Morgan fingerprint density at radius 1 is 1.38 bits per heavy atom. The minimum Gasteiger partial charge on any atom is -0.349 e. The third-order valence-electron chi connectivity index (χ3n) is 3.48. The summed E-state index contributed by atoms with van der Waals surface area (Å²) in [5.41, 5.74) is 0.174. The van der Waals surface area contributed by atoms with E-state index in [1.54, 1.807) is 0 Å². The van der Waals surface area contributed by atoms with E-state index < -0.39 is 17.3 Å². The highest BCUT2D eigenvalue weighted by atomic mass is 19.2. The van der Waals surface area contributed by atoms with E-state index in [0.717, 1.165) is 12.1 Å². The summed E-state index contributed by atoms with van der Waals surface area (Å²) < 4.78 is 26.0. The molecular weight excluding hydrogens is 282 g/mol. The van der Waals surface area contributed by atoms with Crippen LogP contribution in [-0.4, -0.2) is 21.1 Å². The molecule has 0 saturated heterocycles. The van der Waals surface area contributed by atoms with Gasteiger partial charge in [0.15, 0.2) is 11.6 Å². The molecule has 6 nitrogen and oxygen atoms in total. The van der Waals surface area contributed by atoms with Crippen LogP contribution < -0.4 is 11.0 Å². The van der Waals surface area contributed by atoms with Crippen molar-refractivity contribution in [2.24, 2.45) is 5.92 Å². The lowest BCUT2D eigenvalue weighted by molar-refractivity contribution is -0.122. The maximum atomic E-state index is 13.1. The fraction of sp³-hybridized carbons (Fsp3) is 0.308. The zero-order valence-corrected chi connectivity index (χ0v) is 10.8. The largest absolute Gasteiger partial charge is 0.349 e. The van der Waals surface area contributed by atoms with Gasteiger partial charge in [-0.15, -0.1) is 0 Å². The molecule has 110 valence electrons. The normalized spacial score (nSPS) is 20.3. The van der Waals surface area contributed by atoms with Gasteiger partial charge in [0.05, 0.1) is 6.54 Å². The first-order chi connectivity index (χ1) is 10.0. The van der Waals surface area contributed by atoms with Crippen LogP contribution in [0.5, 0.6) is 0 Å². The second-order valence-corrected chi connectivity index (χ2v) is 4.96. The molecule has 3 N–H and O–H groups in total. The zero-order valence-electron chi connectivity index (χ0n) is 10.8. The van der Waals surface area contributed by atoms with Crippen molar-refractivity contribution >= 4 is 5.91 Å². The first kappa shape index (κ1) is 13.5. The molecular formula is C13H12F2N4O2. The van der Waals surface area contributed by atoms with Crippen LogP contribution in [0.15, 0.2) is 23.0 Å². The van der Waals surface area contributed by atoms with Crippen molar-refractivity contribution in [3.05, 3.63) is 51.7 Å². The Morgan fingerprint density at radius 2 is 2.19 bits per heavy atom. The molecule has 0 radical (unpaired) electrons. The SMILES string of the molecule is O=C(NCc1n[nH]c(=O)[nH]1)[C@@H]1C[C@@H]1c1ccc(F)c(F)c1. The van der Waals surface area contributed by atoms with Crippen LogP contribution in [-0.2, 0) is 11.3 Å². The van der Waals surface area contributed by atoms with Crippen LogP contribution in [0.25, 0.3) is 0 Å². The van der Waals surface area contributed by atoms with E-state index in [2.05, 4.69) is 20.5 Å². The maximum Gasteiger partial charge on any atom is 0.340 e. The molecule has 0 bridgehead atoms. The number of H-pyrrole nitrogens is 2. The van der Waals surface area contributed by atoms with E-state index in [9.17, 15) is 18.4 Å². The molecule has 1 aliphatic rings. The van der Waals surface area contributed by atoms with Crippen LogP contribution in [0.2, 0.25) is 0 Å². The van der Waals surface area contributed by atoms with Gasteiger partial charge in [0, 0.05) is 5.92 Å². The monoisotopic (exact) mass is 294 g/mol. The minimum atomic E-state index is -0.910. The molecule has 21 heavy (non-hydrogen) atoms. The summed E-state index contributed by atoms with van der Waals surface area (Å²) in [5.74, 6) is -2.04. The van der Waals surface area contributed by atoms with E-state index in [4.69, 9.17) is 0 Å². The molecule has 1 heterocycles. The number of aromatic nitrogens is 3. The van der Waals surface area contributed by atoms with Gasteiger partial charge in [0.25, 0.3) is 0 Å². The number of carbonyl (C=O) groups is 1. The van der Waals surface area contributed by atoms with Crippen molar-refractivity contribution in [3.8, 4) is 0 Å². The summed E-state index contributed by atoms with van der Waals surface area (Å²) >= 11 is 0. The van der Waals surface area contributed by atoms with E-state index >= 15 is 0 Å². The minimum absolute atomic E-state index is 0.0988. The van der Waals surface area contributed by atoms with Crippen molar-refractivity contribution in [2.75, 3.05) is 0 Å². The lowest BCUT2D eigenvalue weighted by Crippen LogP contribution is -2.25. The van der Waals surface area contributed by atoms with Crippen molar-refractivity contribution in [1.82, 2.24) is 20.5 Å². The molecule has 2 atom stereocenters. The van der Waals surface area contributed by atoms with Crippen molar-refractivity contribution < 1.29 is 13.6 Å². The van der Waals surface area contributed by atoms with Gasteiger partial charge in [-0.05, 0) is 30.0 Å². The first-order valence-electron chi connectivity index (χ1n) is 6.41. The van der Waals surface area contributed by atoms with Crippen LogP contribution >= 0.6 is 0 Å². The zero-order chi connectivity index (χ0) is 15.0. The number of hydrogen-bond acceptors (Lipinski definition) is 3. The second kappa shape index (κ2) is 5.12. The molecule has 1 aliphatic carbocycles. The van der Waals surface area contributed by atoms with Crippen molar-refractivity contribution in [3.63, 3.8) is 0 Å². The van der Waals surface area contributed by atoms with Crippen LogP contribution in [0, 0.1) is 17.6 Å². The molecule has 3 rings (SSSR count). The van der Waals surface area contributed by atoms with E-state index in [1.165, 1.54) is 6.07 Å². The fourth-order valence-corrected chi connectivity index (χ4v) is 2.29. The Balaban J connectivity index is 1.58. The predicted octanol–water partition coefficient (Wildman–Crippen LogP) is 0.796. The summed E-state index contributed by atoms with van der Waals surface area (Å²) in [4.78, 5) is 25.2. The molecule has 1 fully saturated rings. The Bertz CT molecular complexity index is 740. The van der Waals surface area contributed by atoms with Gasteiger partial charge in [-0.1, -0.05) is 6.07 Å². The fourth-order valence-electron chi connectivity index (χ4n) is 2.29. The summed E-state index contributed by atoms with van der Waals surface area (Å²) in [6.07, 6.45) is 0.591. The average molecular weight is 294 g/mol. The van der Waals surface area contributed by atoms with E-state index in [-0.39, 0.29) is 24.3 Å². The summed E-state index contributed by atoms with van der Waals surface area (Å²) in [7, 11) is 0. The Labute approximate surface area is 117 Å². The van der Waals surface area contributed by atoms with Crippen LogP contribution in [0.1, 0.15) is 23.7 Å². The number of halogens is 2. The van der Waals surface area contributed by atoms with Gasteiger partial charge in [-0.3, -0.25) is 9.78 Å². The molecule has 2 aromatic rings. The molecule has 1 aromatic heterocycles. The number of carbonyl (C=O) groups excluding carboxylic acids is 1. The molecule has 1 saturated carbocycles. The molecule has 0 spiro atoms. The summed E-state index contributed by atoms with van der Waals surface area (Å²) in [5, 5.41) is 8.50. The number of benzene rings is 1. The van der Waals surface area contributed by atoms with Gasteiger partial charge < -0.3 is 5.32 Å². The molecule has 0 unspecified atom stereocenters. The van der Waals surface area contributed by atoms with E-state index in [0.29, 0.717) is 17.8 Å². The van der Waals surface area contributed by atoms with Crippen molar-refractivity contribution in [1.29, 1.82) is 0 Å². The Kier molecular flexibility index (Phi) is 3.28. The first-order valence-corrected chi connectivity index (χ1v) is 6.41. The standard InChI is InChI=1S/C13H12F2N4O2/c14-9-2-1-6(3-10(9)15)7-4-8(7)12(20)16-5-11-17-13(21)19-18-11/h1-3,7-8H,4-5H2,(H,16,20)(H2,17,18,19,21)/t7-,8-/m1/s1. The lowest BCUT2D eigenvalue weighted by atomic mass is 10.1. The number of aromatic amines is 2. The quantitative estimate of drug-likeness (QED) is 0.779. The molecule has 1 amide bonds. The topological polar surface area (TPSA) is 90.6 Å². The third-order valence-corrected chi connectivity index (χ3v) is 3.48. The maximum absolute atomic E-state index is 13.1. The van der Waals surface area contributed by atoms with Gasteiger partial charge in [-0.2, -0.15) is 5.10 Å². The number of nitrogens with one attached hydrogen (secondary N) is 3. The Morgan fingerprint density at radius 3 is 2.86 bits per heavy atom. The molecule has 1 aromatic carbocycles. The highest BCUT2D eigenvalue weighted by Gasteiger charge is 2.44. The summed E-state index contributed by atoms with van der Waals surface area (Å²) in [6, 6.07) is 3.67. The number of hydrogen-bond donors (Lipinski definition) is 3. The second-order valence-electron chi connectivity index (χ2n) is 4.96. The van der Waals surface area contributed by atoms with Gasteiger partial charge in [0.2, 0.25) is 5.91 Å². The number of nitrogens with zero attached hydrogens (tertiary/aromatic N) is 1. The van der Waals surface area contributed by atoms with Gasteiger partial charge >= 0.3 is 5.69 Å². The lowest BCUT2D eigenvalue weighted by Gasteiger charge is -2.03. The van der Waals surface area contributed by atoms with E-state index in [1.807, 2.05) is 0 Å². The summed E-state index contributed by atoms with van der Waals surface area (Å²) in [6.45, 7) is 0.110. The Hall–Kier alpha value is -2.51.